The van der Waals surface area contributed by atoms with Crippen molar-refractivity contribution in [2.24, 2.45) is 0 Å². The molecule has 0 spiro atoms. The van der Waals surface area contributed by atoms with Crippen molar-refractivity contribution in [2.75, 3.05) is 20.6 Å². The van der Waals surface area contributed by atoms with Crippen LogP contribution in [-0.2, 0) is 13.1 Å². The van der Waals surface area contributed by atoms with Crippen LogP contribution in [0.4, 0.5) is 0 Å². The Labute approximate surface area is 144 Å². The molecule has 0 saturated carbocycles. The van der Waals surface area contributed by atoms with Gasteiger partial charge in [-0.3, -0.25) is 4.90 Å². The Morgan fingerprint density at radius 1 is 1.22 bits per heavy atom. The van der Waals surface area contributed by atoms with E-state index in [1.54, 1.807) is 11.3 Å². The zero-order valence-corrected chi connectivity index (χ0v) is 15.3. The van der Waals surface area contributed by atoms with Gasteiger partial charge >= 0.3 is 0 Å². The summed E-state index contributed by atoms with van der Waals surface area (Å²) in [6.45, 7) is 5.26. The minimum absolute atomic E-state index is 0.541. The summed E-state index contributed by atoms with van der Waals surface area (Å²) in [6.07, 6.45) is 3.89. The van der Waals surface area contributed by atoms with Gasteiger partial charge in [-0.05, 0) is 51.5 Å². The Morgan fingerprint density at radius 2 is 2.00 bits per heavy atom. The van der Waals surface area contributed by atoms with E-state index in [-0.39, 0.29) is 0 Å². The van der Waals surface area contributed by atoms with Crippen LogP contribution in [0.15, 0.2) is 29.6 Å². The lowest BCUT2D eigenvalue weighted by Crippen LogP contribution is -2.33. The summed E-state index contributed by atoms with van der Waals surface area (Å²) >= 11 is 1.76. The van der Waals surface area contributed by atoms with Crippen molar-refractivity contribution >= 4 is 11.3 Å². The van der Waals surface area contributed by atoms with Crippen molar-refractivity contribution in [3.05, 3.63) is 51.5 Å². The first-order valence-electron chi connectivity index (χ1n) is 8.50. The average molecular weight is 330 g/mol. The third kappa shape index (κ3) is 4.40. The molecule has 2 aromatic rings. The first kappa shape index (κ1) is 16.6. The standard InChI is InChI=1S/C19H27N3S/c1-15-20-18(14-23-15)13-22-11-5-4-6-19(22)17-9-7-16(8-10-17)12-21(2)3/h7-10,14,19H,4-6,11-13H2,1-3H3/t19-/m0/s1. The molecular formula is C19H27N3S. The highest BCUT2D eigenvalue weighted by molar-refractivity contribution is 7.09. The van der Waals surface area contributed by atoms with Gasteiger partial charge < -0.3 is 4.90 Å². The van der Waals surface area contributed by atoms with Crippen LogP contribution in [0.1, 0.15) is 47.1 Å². The molecule has 0 bridgehead atoms. The Kier molecular flexibility index (Phi) is 5.46. The third-order valence-electron chi connectivity index (χ3n) is 4.51. The molecule has 1 aromatic carbocycles. The first-order valence-corrected chi connectivity index (χ1v) is 9.38. The van der Waals surface area contributed by atoms with E-state index in [0.29, 0.717) is 6.04 Å². The van der Waals surface area contributed by atoms with Gasteiger partial charge in [0.15, 0.2) is 0 Å². The van der Waals surface area contributed by atoms with Crippen molar-refractivity contribution in [2.45, 2.75) is 45.3 Å². The zero-order valence-electron chi connectivity index (χ0n) is 14.5. The zero-order chi connectivity index (χ0) is 16.2. The third-order valence-corrected chi connectivity index (χ3v) is 5.33. The molecule has 1 atom stereocenters. The van der Waals surface area contributed by atoms with Crippen LogP contribution in [0.25, 0.3) is 0 Å². The molecule has 1 fully saturated rings. The number of aryl methyl sites for hydroxylation is 1. The molecule has 0 amide bonds. The van der Waals surface area contributed by atoms with E-state index < -0.39 is 0 Å². The van der Waals surface area contributed by atoms with Crippen molar-refractivity contribution in [3.63, 3.8) is 0 Å². The predicted octanol–water partition coefficient (Wildman–Crippen LogP) is 4.24. The summed E-state index contributed by atoms with van der Waals surface area (Å²) in [7, 11) is 4.24. The topological polar surface area (TPSA) is 19.4 Å². The maximum atomic E-state index is 4.65. The SMILES string of the molecule is Cc1nc(CN2CCCC[C@H]2c2ccc(CN(C)C)cc2)cs1. The number of hydrogen-bond acceptors (Lipinski definition) is 4. The number of benzene rings is 1. The van der Waals surface area contributed by atoms with Crippen molar-refractivity contribution in [3.8, 4) is 0 Å². The lowest BCUT2D eigenvalue weighted by Gasteiger charge is -2.35. The molecule has 3 rings (SSSR count). The van der Waals surface area contributed by atoms with E-state index in [0.717, 1.165) is 13.1 Å². The van der Waals surface area contributed by atoms with Gasteiger partial charge in [-0.15, -0.1) is 11.3 Å². The minimum Gasteiger partial charge on any atom is -0.305 e. The van der Waals surface area contributed by atoms with E-state index in [1.165, 1.54) is 47.6 Å². The Balaban J connectivity index is 1.72. The highest BCUT2D eigenvalue weighted by Crippen LogP contribution is 2.32. The number of hydrogen-bond donors (Lipinski definition) is 0. The van der Waals surface area contributed by atoms with E-state index in [1.807, 2.05) is 0 Å². The summed E-state index contributed by atoms with van der Waals surface area (Å²) < 4.78 is 0. The molecule has 2 heterocycles. The molecule has 0 aliphatic carbocycles. The maximum absolute atomic E-state index is 4.65. The van der Waals surface area contributed by atoms with E-state index >= 15 is 0 Å². The van der Waals surface area contributed by atoms with Crippen molar-refractivity contribution < 1.29 is 0 Å². The quantitative estimate of drug-likeness (QED) is 0.818. The van der Waals surface area contributed by atoms with Gasteiger partial charge in [0.1, 0.15) is 0 Å². The van der Waals surface area contributed by atoms with Gasteiger partial charge in [-0.1, -0.05) is 30.7 Å². The second kappa shape index (κ2) is 7.56. The second-order valence-corrected chi connectivity index (χ2v) is 7.88. The summed E-state index contributed by atoms with van der Waals surface area (Å²) in [5, 5.41) is 3.38. The van der Waals surface area contributed by atoms with E-state index in [2.05, 4.69) is 65.4 Å². The Morgan fingerprint density at radius 3 is 2.65 bits per heavy atom. The number of nitrogens with zero attached hydrogens (tertiary/aromatic N) is 3. The van der Waals surface area contributed by atoms with Crippen LogP contribution in [0, 0.1) is 6.92 Å². The summed E-state index contributed by atoms with van der Waals surface area (Å²) in [4.78, 5) is 9.48. The lowest BCUT2D eigenvalue weighted by molar-refractivity contribution is 0.139. The monoisotopic (exact) mass is 329 g/mol. The fourth-order valence-electron chi connectivity index (χ4n) is 3.46. The number of rotatable bonds is 5. The normalized spacial score (nSPS) is 19.4. The Bertz CT molecular complexity index is 618. The average Bonchev–Trinajstić information content (AvgIpc) is 2.93. The van der Waals surface area contributed by atoms with Gasteiger partial charge in [0.2, 0.25) is 0 Å². The molecule has 124 valence electrons. The predicted molar refractivity (Wildman–Crippen MR) is 97.7 cm³/mol. The molecule has 1 aromatic heterocycles. The summed E-state index contributed by atoms with van der Waals surface area (Å²) in [6, 6.07) is 9.77. The molecule has 1 saturated heterocycles. The molecular weight excluding hydrogens is 302 g/mol. The highest BCUT2D eigenvalue weighted by atomic mass is 32.1. The van der Waals surface area contributed by atoms with Crippen molar-refractivity contribution in [1.29, 1.82) is 0 Å². The van der Waals surface area contributed by atoms with Crippen LogP contribution >= 0.6 is 11.3 Å². The van der Waals surface area contributed by atoms with E-state index in [4.69, 9.17) is 0 Å². The molecule has 1 aliphatic heterocycles. The van der Waals surface area contributed by atoms with Gasteiger partial charge in [0.25, 0.3) is 0 Å². The van der Waals surface area contributed by atoms with Gasteiger partial charge in [-0.2, -0.15) is 0 Å². The fourth-order valence-corrected chi connectivity index (χ4v) is 4.06. The number of piperidine rings is 1. The molecule has 4 heteroatoms. The molecule has 0 unspecified atom stereocenters. The van der Waals surface area contributed by atoms with Crippen molar-refractivity contribution in [1.82, 2.24) is 14.8 Å². The molecule has 1 aliphatic rings. The number of thiazole rings is 1. The highest BCUT2D eigenvalue weighted by Gasteiger charge is 2.24. The lowest BCUT2D eigenvalue weighted by atomic mass is 9.94. The summed E-state index contributed by atoms with van der Waals surface area (Å²) in [5.41, 5.74) is 4.07. The smallest absolute Gasteiger partial charge is 0.0897 e. The first-order chi connectivity index (χ1) is 11.1. The van der Waals surface area contributed by atoms with E-state index in [9.17, 15) is 0 Å². The van der Waals surface area contributed by atoms with Crippen LogP contribution in [0.3, 0.4) is 0 Å². The van der Waals surface area contributed by atoms with Crippen LogP contribution in [-0.4, -0.2) is 35.4 Å². The number of aromatic nitrogens is 1. The van der Waals surface area contributed by atoms with Crippen LogP contribution < -0.4 is 0 Å². The fraction of sp³-hybridized carbons (Fsp3) is 0.526. The maximum Gasteiger partial charge on any atom is 0.0897 e. The second-order valence-electron chi connectivity index (χ2n) is 6.82. The largest absolute Gasteiger partial charge is 0.305 e. The molecule has 23 heavy (non-hydrogen) atoms. The summed E-state index contributed by atoms with van der Waals surface area (Å²) in [5.74, 6) is 0. The minimum atomic E-state index is 0.541. The molecule has 3 nitrogen and oxygen atoms in total. The van der Waals surface area contributed by atoms with Crippen LogP contribution in [0.2, 0.25) is 0 Å². The number of likely N-dealkylation sites (tertiary alicyclic amines) is 1. The Hall–Kier alpha value is -1.23. The van der Waals surface area contributed by atoms with Gasteiger partial charge in [0.05, 0.1) is 10.7 Å². The van der Waals surface area contributed by atoms with Crippen LogP contribution in [0.5, 0.6) is 0 Å². The van der Waals surface area contributed by atoms with Gasteiger partial charge in [-0.25, -0.2) is 4.98 Å². The molecule has 0 N–H and O–H groups in total. The molecule has 0 radical (unpaired) electrons. The van der Waals surface area contributed by atoms with Gasteiger partial charge in [0, 0.05) is 24.5 Å².